The largest absolute Gasteiger partial charge is 0.385 e. The SMILES string of the molecule is COCCCCNC1CCC(N)C1. The molecule has 0 radical (unpaired) electrons. The fourth-order valence-electron chi connectivity index (χ4n) is 1.88. The molecule has 0 aromatic carbocycles. The van der Waals surface area contributed by atoms with Gasteiger partial charge in [-0.1, -0.05) is 0 Å². The second kappa shape index (κ2) is 6.35. The van der Waals surface area contributed by atoms with Crippen molar-refractivity contribution < 1.29 is 4.74 Å². The van der Waals surface area contributed by atoms with Crippen LogP contribution in [0.25, 0.3) is 0 Å². The molecular formula is C10H22N2O. The molecule has 2 atom stereocenters. The van der Waals surface area contributed by atoms with E-state index in [1.54, 1.807) is 7.11 Å². The number of hydrogen-bond donors (Lipinski definition) is 2. The van der Waals surface area contributed by atoms with Crippen molar-refractivity contribution in [1.82, 2.24) is 5.32 Å². The zero-order valence-electron chi connectivity index (χ0n) is 8.59. The first kappa shape index (κ1) is 11.0. The molecule has 1 rings (SSSR count). The summed E-state index contributed by atoms with van der Waals surface area (Å²) in [6.45, 7) is 1.99. The van der Waals surface area contributed by atoms with Gasteiger partial charge in [0.2, 0.25) is 0 Å². The van der Waals surface area contributed by atoms with Crippen molar-refractivity contribution in [3.8, 4) is 0 Å². The Bertz CT molecular complexity index is 130. The molecule has 3 nitrogen and oxygen atoms in total. The second-order valence-electron chi connectivity index (χ2n) is 3.92. The van der Waals surface area contributed by atoms with Crippen LogP contribution in [0.1, 0.15) is 32.1 Å². The van der Waals surface area contributed by atoms with Crippen LogP contribution in [0.4, 0.5) is 0 Å². The molecule has 3 heteroatoms. The standard InChI is InChI=1S/C10H22N2O/c1-13-7-3-2-6-12-10-5-4-9(11)8-10/h9-10,12H,2-8,11H2,1H3. The van der Waals surface area contributed by atoms with Crippen molar-refractivity contribution in [2.75, 3.05) is 20.3 Å². The minimum atomic E-state index is 0.441. The molecule has 1 saturated carbocycles. The highest BCUT2D eigenvalue weighted by Crippen LogP contribution is 2.16. The van der Waals surface area contributed by atoms with Gasteiger partial charge in [0.05, 0.1) is 0 Å². The molecule has 13 heavy (non-hydrogen) atoms. The zero-order chi connectivity index (χ0) is 9.52. The van der Waals surface area contributed by atoms with Gasteiger partial charge in [-0.3, -0.25) is 0 Å². The van der Waals surface area contributed by atoms with E-state index < -0.39 is 0 Å². The van der Waals surface area contributed by atoms with Gasteiger partial charge in [-0.25, -0.2) is 0 Å². The Kier molecular flexibility index (Phi) is 5.35. The van der Waals surface area contributed by atoms with Crippen LogP contribution in [0, 0.1) is 0 Å². The average molecular weight is 186 g/mol. The Morgan fingerprint density at radius 2 is 2.23 bits per heavy atom. The average Bonchev–Trinajstić information content (AvgIpc) is 2.51. The lowest BCUT2D eigenvalue weighted by atomic mass is 10.2. The molecule has 0 spiro atoms. The van der Waals surface area contributed by atoms with Crippen molar-refractivity contribution in [3.05, 3.63) is 0 Å². The summed E-state index contributed by atoms with van der Waals surface area (Å²) in [6, 6.07) is 1.12. The first-order valence-corrected chi connectivity index (χ1v) is 5.31. The van der Waals surface area contributed by atoms with Crippen LogP contribution in [0.3, 0.4) is 0 Å². The third-order valence-electron chi connectivity index (χ3n) is 2.68. The van der Waals surface area contributed by atoms with Crippen LogP contribution in [0.2, 0.25) is 0 Å². The van der Waals surface area contributed by atoms with Gasteiger partial charge in [0.1, 0.15) is 0 Å². The highest BCUT2D eigenvalue weighted by molar-refractivity contribution is 4.82. The Morgan fingerprint density at radius 1 is 1.38 bits per heavy atom. The molecule has 0 aromatic rings. The minimum Gasteiger partial charge on any atom is -0.385 e. The summed E-state index contributed by atoms with van der Waals surface area (Å²) >= 11 is 0. The summed E-state index contributed by atoms with van der Waals surface area (Å²) < 4.78 is 4.98. The fraction of sp³-hybridized carbons (Fsp3) is 1.00. The zero-order valence-corrected chi connectivity index (χ0v) is 8.59. The number of nitrogens with two attached hydrogens (primary N) is 1. The van der Waals surface area contributed by atoms with Crippen LogP contribution in [0.15, 0.2) is 0 Å². The molecule has 3 N–H and O–H groups in total. The fourth-order valence-corrected chi connectivity index (χ4v) is 1.88. The number of nitrogens with one attached hydrogen (secondary N) is 1. The maximum atomic E-state index is 5.82. The van der Waals surface area contributed by atoms with Gasteiger partial charge in [-0.15, -0.1) is 0 Å². The highest BCUT2D eigenvalue weighted by atomic mass is 16.5. The van der Waals surface area contributed by atoms with Crippen molar-refractivity contribution in [1.29, 1.82) is 0 Å². The number of rotatable bonds is 6. The van der Waals surface area contributed by atoms with E-state index in [0.29, 0.717) is 12.1 Å². The predicted octanol–water partition coefficient (Wildman–Crippen LogP) is 0.882. The summed E-state index contributed by atoms with van der Waals surface area (Å²) in [5.41, 5.74) is 5.82. The van der Waals surface area contributed by atoms with Crippen molar-refractivity contribution in [3.63, 3.8) is 0 Å². The van der Waals surface area contributed by atoms with Crippen LogP contribution in [-0.4, -0.2) is 32.3 Å². The minimum absolute atomic E-state index is 0.441. The molecule has 0 amide bonds. The second-order valence-corrected chi connectivity index (χ2v) is 3.92. The van der Waals surface area contributed by atoms with Crippen molar-refractivity contribution >= 4 is 0 Å². The number of hydrogen-bond acceptors (Lipinski definition) is 3. The molecule has 0 bridgehead atoms. The molecule has 0 saturated heterocycles. The van der Waals surface area contributed by atoms with Crippen LogP contribution < -0.4 is 11.1 Å². The maximum absolute atomic E-state index is 5.82. The van der Waals surface area contributed by atoms with Crippen LogP contribution in [-0.2, 0) is 4.74 Å². The number of unbranched alkanes of at least 4 members (excludes halogenated alkanes) is 1. The lowest BCUT2D eigenvalue weighted by Gasteiger charge is -2.11. The number of methoxy groups -OCH3 is 1. The number of ether oxygens (including phenoxy) is 1. The van der Waals surface area contributed by atoms with Crippen molar-refractivity contribution in [2.45, 2.75) is 44.2 Å². The summed E-state index contributed by atoms with van der Waals surface area (Å²) in [5, 5.41) is 3.54. The van der Waals surface area contributed by atoms with E-state index in [1.807, 2.05) is 0 Å². The van der Waals surface area contributed by atoms with Gasteiger partial charge in [-0.2, -0.15) is 0 Å². The normalized spacial score (nSPS) is 28.2. The maximum Gasteiger partial charge on any atom is 0.0462 e. The van der Waals surface area contributed by atoms with Gasteiger partial charge < -0.3 is 15.8 Å². The van der Waals surface area contributed by atoms with Crippen LogP contribution >= 0.6 is 0 Å². The van der Waals surface area contributed by atoms with Gasteiger partial charge in [-0.05, 0) is 38.6 Å². The highest BCUT2D eigenvalue weighted by Gasteiger charge is 2.20. The Morgan fingerprint density at radius 3 is 2.85 bits per heavy atom. The van der Waals surface area contributed by atoms with Gasteiger partial charge in [0, 0.05) is 25.8 Å². The predicted molar refractivity (Wildman–Crippen MR) is 54.7 cm³/mol. The molecule has 0 aromatic heterocycles. The lowest BCUT2D eigenvalue weighted by molar-refractivity contribution is 0.192. The Balaban J connectivity index is 1.88. The summed E-state index contributed by atoms with van der Waals surface area (Å²) in [7, 11) is 1.75. The third kappa shape index (κ3) is 4.60. The van der Waals surface area contributed by atoms with Crippen LogP contribution in [0.5, 0.6) is 0 Å². The Labute approximate surface area is 81.0 Å². The molecule has 1 fully saturated rings. The van der Waals surface area contributed by atoms with E-state index in [9.17, 15) is 0 Å². The molecule has 0 aliphatic heterocycles. The van der Waals surface area contributed by atoms with E-state index in [2.05, 4.69) is 5.32 Å². The molecular weight excluding hydrogens is 164 g/mol. The Hall–Kier alpha value is -0.120. The lowest BCUT2D eigenvalue weighted by Crippen LogP contribution is -2.29. The van der Waals surface area contributed by atoms with Gasteiger partial charge in [0.15, 0.2) is 0 Å². The smallest absolute Gasteiger partial charge is 0.0462 e. The molecule has 2 unspecified atom stereocenters. The van der Waals surface area contributed by atoms with Gasteiger partial charge >= 0.3 is 0 Å². The summed E-state index contributed by atoms with van der Waals surface area (Å²) in [6.07, 6.45) is 5.97. The molecule has 1 aliphatic carbocycles. The first-order valence-electron chi connectivity index (χ1n) is 5.31. The first-order chi connectivity index (χ1) is 6.33. The topological polar surface area (TPSA) is 47.3 Å². The summed E-state index contributed by atoms with van der Waals surface area (Å²) in [4.78, 5) is 0. The summed E-state index contributed by atoms with van der Waals surface area (Å²) in [5.74, 6) is 0. The van der Waals surface area contributed by atoms with E-state index in [0.717, 1.165) is 26.0 Å². The molecule has 0 heterocycles. The van der Waals surface area contributed by atoms with E-state index >= 15 is 0 Å². The third-order valence-corrected chi connectivity index (χ3v) is 2.68. The quantitative estimate of drug-likeness (QED) is 0.605. The van der Waals surface area contributed by atoms with E-state index in [1.165, 1.54) is 19.3 Å². The van der Waals surface area contributed by atoms with Gasteiger partial charge in [0.25, 0.3) is 0 Å². The molecule has 78 valence electrons. The van der Waals surface area contributed by atoms with Crippen molar-refractivity contribution in [2.24, 2.45) is 5.73 Å². The van der Waals surface area contributed by atoms with E-state index in [4.69, 9.17) is 10.5 Å². The molecule has 1 aliphatic rings. The monoisotopic (exact) mass is 186 g/mol. The van der Waals surface area contributed by atoms with E-state index in [-0.39, 0.29) is 0 Å².